The topological polar surface area (TPSA) is 94.8 Å². The number of methoxy groups -OCH3 is 1. The summed E-state index contributed by atoms with van der Waals surface area (Å²) in [5, 5.41) is 9.97. The van der Waals surface area contributed by atoms with Crippen molar-refractivity contribution in [3.05, 3.63) is 69.1 Å². The number of nitrogens with zero attached hydrogens (tertiary/aromatic N) is 1. The summed E-state index contributed by atoms with van der Waals surface area (Å²) in [6.07, 6.45) is 2.85. The van der Waals surface area contributed by atoms with Crippen molar-refractivity contribution in [3.8, 4) is 5.75 Å². The summed E-state index contributed by atoms with van der Waals surface area (Å²) in [5.41, 5.74) is 1.13. The molecule has 1 N–H and O–H groups in total. The summed E-state index contributed by atoms with van der Waals surface area (Å²) < 4.78 is 11.2. The summed E-state index contributed by atoms with van der Waals surface area (Å²) in [6.45, 7) is 2.19. The molecule has 2 aromatic rings. The van der Waals surface area contributed by atoms with Crippen molar-refractivity contribution in [1.82, 2.24) is 4.57 Å². The second-order valence-corrected chi connectivity index (χ2v) is 6.24. The normalized spacial score (nSPS) is 11.0. The SMILES string of the molecule is COCCOC(=O)Cc1cccc(/C=C/C(=O)c2c(O)cc(C)n(C)c2=O)c1. The van der Waals surface area contributed by atoms with Crippen molar-refractivity contribution in [2.75, 3.05) is 20.3 Å². The van der Waals surface area contributed by atoms with Gasteiger partial charge < -0.3 is 19.1 Å². The lowest BCUT2D eigenvalue weighted by atomic mass is 10.1. The summed E-state index contributed by atoms with van der Waals surface area (Å²) >= 11 is 0. The van der Waals surface area contributed by atoms with Crippen LogP contribution in [0.25, 0.3) is 6.08 Å². The van der Waals surface area contributed by atoms with Gasteiger partial charge in [-0.15, -0.1) is 0 Å². The fraction of sp³-hybridized carbons (Fsp3) is 0.286. The molecule has 2 rings (SSSR count). The van der Waals surface area contributed by atoms with Crippen molar-refractivity contribution in [2.45, 2.75) is 13.3 Å². The maximum absolute atomic E-state index is 12.4. The Morgan fingerprint density at radius 3 is 2.68 bits per heavy atom. The first-order valence-electron chi connectivity index (χ1n) is 8.69. The van der Waals surface area contributed by atoms with Gasteiger partial charge in [-0.3, -0.25) is 14.4 Å². The highest BCUT2D eigenvalue weighted by Gasteiger charge is 2.16. The fourth-order valence-electron chi connectivity index (χ4n) is 2.55. The molecule has 0 saturated heterocycles. The van der Waals surface area contributed by atoms with Gasteiger partial charge in [0.05, 0.1) is 13.0 Å². The van der Waals surface area contributed by atoms with E-state index in [9.17, 15) is 19.5 Å². The van der Waals surface area contributed by atoms with Crippen LogP contribution in [0.5, 0.6) is 5.75 Å². The van der Waals surface area contributed by atoms with E-state index in [1.54, 1.807) is 31.2 Å². The molecular weight excluding hydrogens is 362 g/mol. The van der Waals surface area contributed by atoms with Gasteiger partial charge in [0.1, 0.15) is 17.9 Å². The van der Waals surface area contributed by atoms with Gasteiger partial charge in [0.15, 0.2) is 5.78 Å². The highest BCUT2D eigenvalue weighted by molar-refractivity contribution is 6.08. The molecule has 148 valence electrons. The van der Waals surface area contributed by atoms with Crippen LogP contribution in [0.15, 0.2) is 41.2 Å². The van der Waals surface area contributed by atoms with E-state index < -0.39 is 11.3 Å². The van der Waals surface area contributed by atoms with Gasteiger partial charge in [-0.25, -0.2) is 0 Å². The monoisotopic (exact) mass is 385 g/mol. The van der Waals surface area contributed by atoms with Crippen molar-refractivity contribution in [1.29, 1.82) is 0 Å². The number of esters is 1. The largest absolute Gasteiger partial charge is 0.507 e. The van der Waals surface area contributed by atoms with Crippen molar-refractivity contribution < 1.29 is 24.2 Å². The maximum Gasteiger partial charge on any atom is 0.310 e. The van der Waals surface area contributed by atoms with E-state index in [1.807, 2.05) is 0 Å². The quantitative estimate of drug-likeness (QED) is 0.323. The number of carbonyl (C=O) groups is 2. The van der Waals surface area contributed by atoms with Gasteiger partial charge in [-0.2, -0.15) is 0 Å². The first-order valence-corrected chi connectivity index (χ1v) is 8.69. The van der Waals surface area contributed by atoms with Crippen LogP contribution in [0.4, 0.5) is 0 Å². The molecule has 0 aliphatic rings. The fourth-order valence-corrected chi connectivity index (χ4v) is 2.55. The van der Waals surface area contributed by atoms with E-state index in [2.05, 4.69) is 0 Å². The highest BCUT2D eigenvalue weighted by Crippen LogP contribution is 2.16. The molecule has 0 bridgehead atoms. The molecule has 1 heterocycles. The number of carbonyl (C=O) groups excluding carboxylic acids is 2. The molecule has 0 fully saturated rings. The van der Waals surface area contributed by atoms with Crippen molar-refractivity contribution in [3.63, 3.8) is 0 Å². The van der Waals surface area contributed by atoms with E-state index >= 15 is 0 Å². The van der Waals surface area contributed by atoms with E-state index in [1.165, 1.54) is 36.9 Å². The molecule has 0 radical (unpaired) electrons. The number of ether oxygens (including phenoxy) is 2. The third-order valence-electron chi connectivity index (χ3n) is 4.17. The number of ketones is 1. The third kappa shape index (κ3) is 5.40. The summed E-state index contributed by atoms with van der Waals surface area (Å²) in [4.78, 5) is 36.4. The number of allylic oxidation sites excluding steroid dienone is 1. The maximum atomic E-state index is 12.4. The van der Waals surface area contributed by atoms with Crippen molar-refractivity contribution >= 4 is 17.8 Å². The number of rotatable bonds is 8. The van der Waals surface area contributed by atoms with Crippen LogP contribution in [-0.2, 0) is 27.7 Å². The number of benzene rings is 1. The molecular formula is C21H23NO6. The second-order valence-electron chi connectivity index (χ2n) is 6.24. The number of aromatic hydroxyl groups is 1. The molecule has 7 heteroatoms. The summed E-state index contributed by atoms with van der Waals surface area (Å²) in [6, 6.07) is 8.41. The lowest BCUT2D eigenvalue weighted by Gasteiger charge is -2.07. The molecule has 0 spiro atoms. The minimum atomic E-state index is -0.595. The second kappa shape index (κ2) is 9.66. The van der Waals surface area contributed by atoms with Gasteiger partial charge in [-0.05, 0) is 24.1 Å². The van der Waals surface area contributed by atoms with Crippen LogP contribution >= 0.6 is 0 Å². The first-order chi connectivity index (χ1) is 13.3. The average molecular weight is 385 g/mol. The van der Waals surface area contributed by atoms with Crippen LogP contribution in [0.2, 0.25) is 0 Å². The molecule has 0 saturated carbocycles. The third-order valence-corrected chi connectivity index (χ3v) is 4.17. The minimum absolute atomic E-state index is 0.0959. The van der Waals surface area contributed by atoms with Crippen LogP contribution in [0.3, 0.4) is 0 Å². The standard InChI is InChI=1S/C21H23NO6/c1-14-11-18(24)20(21(26)22(14)2)17(23)8-7-15-5-4-6-16(12-15)13-19(25)28-10-9-27-3/h4-8,11-12,24H,9-10,13H2,1-3H3/b8-7+. The zero-order valence-electron chi connectivity index (χ0n) is 16.1. The number of aryl methyl sites for hydroxylation is 1. The summed E-state index contributed by atoms with van der Waals surface area (Å²) in [7, 11) is 3.06. The van der Waals surface area contributed by atoms with E-state index in [0.717, 1.165) is 5.56 Å². The van der Waals surface area contributed by atoms with Gasteiger partial charge >= 0.3 is 5.97 Å². The Bertz CT molecular complexity index is 958. The highest BCUT2D eigenvalue weighted by atomic mass is 16.6. The molecule has 0 aliphatic carbocycles. The Kier molecular flexibility index (Phi) is 7.28. The zero-order valence-corrected chi connectivity index (χ0v) is 16.1. The van der Waals surface area contributed by atoms with Gasteiger partial charge in [0, 0.05) is 25.9 Å². The predicted octanol–water partition coefficient (Wildman–Crippen LogP) is 2.03. The van der Waals surface area contributed by atoms with Gasteiger partial charge in [-0.1, -0.05) is 30.3 Å². The van der Waals surface area contributed by atoms with E-state index in [0.29, 0.717) is 17.9 Å². The molecule has 7 nitrogen and oxygen atoms in total. The molecule has 1 aromatic heterocycles. The van der Waals surface area contributed by atoms with E-state index in [4.69, 9.17) is 9.47 Å². The van der Waals surface area contributed by atoms with E-state index in [-0.39, 0.29) is 30.3 Å². The zero-order chi connectivity index (χ0) is 20.7. The molecule has 28 heavy (non-hydrogen) atoms. The lowest BCUT2D eigenvalue weighted by molar-refractivity contribution is -0.144. The van der Waals surface area contributed by atoms with Crippen LogP contribution in [0, 0.1) is 6.92 Å². The van der Waals surface area contributed by atoms with Crippen LogP contribution < -0.4 is 5.56 Å². The minimum Gasteiger partial charge on any atom is -0.507 e. The molecule has 0 unspecified atom stereocenters. The van der Waals surface area contributed by atoms with Gasteiger partial charge in [0.2, 0.25) is 0 Å². The Balaban J connectivity index is 2.13. The average Bonchev–Trinajstić information content (AvgIpc) is 2.65. The number of hydrogen-bond donors (Lipinski definition) is 1. The smallest absolute Gasteiger partial charge is 0.310 e. The molecule has 0 amide bonds. The van der Waals surface area contributed by atoms with Crippen LogP contribution in [0.1, 0.15) is 27.2 Å². The Labute approximate surface area is 162 Å². The molecule has 0 atom stereocenters. The Hall–Kier alpha value is -3.19. The Morgan fingerprint density at radius 2 is 1.96 bits per heavy atom. The summed E-state index contributed by atoms with van der Waals surface area (Å²) in [5.74, 6) is -1.31. The number of hydrogen-bond acceptors (Lipinski definition) is 6. The van der Waals surface area contributed by atoms with Gasteiger partial charge in [0.25, 0.3) is 5.56 Å². The predicted molar refractivity (Wildman–Crippen MR) is 104 cm³/mol. The number of aromatic nitrogens is 1. The van der Waals surface area contributed by atoms with Crippen LogP contribution in [-0.4, -0.2) is 41.7 Å². The molecule has 1 aromatic carbocycles. The molecule has 0 aliphatic heterocycles. The lowest BCUT2D eigenvalue weighted by Crippen LogP contribution is -2.25. The first kappa shape index (κ1) is 21.1. The number of pyridine rings is 1. The Morgan fingerprint density at radius 1 is 1.21 bits per heavy atom. The van der Waals surface area contributed by atoms with Crippen molar-refractivity contribution in [2.24, 2.45) is 7.05 Å².